The molecule has 0 saturated heterocycles. The second-order valence-corrected chi connectivity index (χ2v) is 7.64. The van der Waals surface area contributed by atoms with Gasteiger partial charge in [0.25, 0.3) is 10.0 Å². The molecule has 0 spiro atoms. The van der Waals surface area contributed by atoms with Crippen molar-refractivity contribution in [2.75, 3.05) is 4.72 Å². The molecule has 1 heterocycles. The topological polar surface area (TPSA) is 85.1 Å². The lowest BCUT2D eigenvalue weighted by Crippen LogP contribution is -2.15. The molecule has 2 aromatic rings. The molecular weight excluding hydrogens is 306 g/mol. The molecule has 2 rings (SSSR count). The number of rotatable bonds is 5. The van der Waals surface area contributed by atoms with Gasteiger partial charge in [-0.3, -0.25) is 4.72 Å². The maximum absolute atomic E-state index is 12.5. The molecule has 3 N–H and O–H groups in total. The van der Waals surface area contributed by atoms with Gasteiger partial charge in [0.15, 0.2) is 5.13 Å². The molecule has 0 aliphatic heterocycles. The van der Waals surface area contributed by atoms with Gasteiger partial charge in [0.05, 0.1) is 10.6 Å². The van der Waals surface area contributed by atoms with Crippen molar-refractivity contribution in [3.05, 3.63) is 39.9 Å². The lowest BCUT2D eigenvalue weighted by molar-refractivity contribution is 0.600. The summed E-state index contributed by atoms with van der Waals surface area (Å²) in [7, 11) is -3.65. The highest BCUT2D eigenvalue weighted by molar-refractivity contribution is 7.93. The van der Waals surface area contributed by atoms with Crippen LogP contribution in [0, 0.1) is 13.8 Å². The second kappa shape index (κ2) is 6.13. The molecule has 7 heteroatoms. The minimum Gasteiger partial charge on any atom is -0.326 e. The van der Waals surface area contributed by atoms with Gasteiger partial charge in [-0.15, -0.1) is 11.3 Å². The van der Waals surface area contributed by atoms with E-state index in [-0.39, 0.29) is 4.90 Å². The van der Waals surface area contributed by atoms with Crippen LogP contribution in [0.3, 0.4) is 0 Å². The number of sulfonamides is 1. The first-order chi connectivity index (χ1) is 9.87. The Bertz CT molecular complexity index is 752. The monoisotopic (exact) mass is 325 g/mol. The van der Waals surface area contributed by atoms with Crippen molar-refractivity contribution in [2.24, 2.45) is 5.73 Å². The fourth-order valence-electron chi connectivity index (χ4n) is 2.03. The maximum Gasteiger partial charge on any atom is 0.263 e. The molecule has 0 radical (unpaired) electrons. The number of aryl methyl sites for hydroxylation is 3. The molecule has 0 bridgehead atoms. The largest absolute Gasteiger partial charge is 0.326 e. The highest BCUT2D eigenvalue weighted by Crippen LogP contribution is 2.26. The SMILES string of the molecule is CCc1nc(NS(=O)(=O)c2cc(CN)ccc2C)sc1C. The van der Waals surface area contributed by atoms with Gasteiger partial charge in [0.2, 0.25) is 0 Å². The zero-order valence-electron chi connectivity index (χ0n) is 12.3. The molecule has 0 saturated carbocycles. The molecule has 0 unspecified atom stereocenters. The van der Waals surface area contributed by atoms with E-state index in [1.165, 1.54) is 11.3 Å². The summed E-state index contributed by atoms with van der Waals surface area (Å²) in [6, 6.07) is 5.21. The summed E-state index contributed by atoms with van der Waals surface area (Å²) < 4.78 is 27.6. The normalized spacial score (nSPS) is 11.6. The molecular formula is C14H19N3O2S2. The number of aromatic nitrogens is 1. The predicted octanol–water partition coefficient (Wildman–Crippen LogP) is 2.58. The molecule has 1 aromatic carbocycles. The number of hydrogen-bond donors (Lipinski definition) is 2. The molecule has 0 amide bonds. The number of nitrogens with two attached hydrogens (primary N) is 1. The number of nitrogens with zero attached hydrogens (tertiary/aromatic N) is 1. The predicted molar refractivity (Wildman–Crippen MR) is 86.1 cm³/mol. The summed E-state index contributed by atoms with van der Waals surface area (Å²) >= 11 is 1.35. The molecule has 0 aliphatic carbocycles. The van der Waals surface area contributed by atoms with Crippen LogP contribution in [0.2, 0.25) is 0 Å². The van der Waals surface area contributed by atoms with E-state index >= 15 is 0 Å². The van der Waals surface area contributed by atoms with Crippen LogP contribution in [0.5, 0.6) is 0 Å². The molecule has 21 heavy (non-hydrogen) atoms. The van der Waals surface area contributed by atoms with E-state index in [2.05, 4.69) is 9.71 Å². The van der Waals surface area contributed by atoms with Crippen LogP contribution in [0.1, 0.15) is 28.6 Å². The van der Waals surface area contributed by atoms with E-state index < -0.39 is 10.0 Å². The third kappa shape index (κ3) is 3.42. The van der Waals surface area contributed by atoms with Crippen molar-refractivity contribution in [1.29, 1.82) is 0 Å². The van der Waals surface area contributed by atoms with Gasteiger partial charge in [0.1, 0.15) is 0 Å². The first-order valence-corrected chi connectivity index (χ1v) is 8.96. The lowest BCUT2D eigenvalue weighted by Gasteiger charge is -2.09. The van der Waals surface area contributed by atoms with Gasteiger partial charge in [-0.1, -0.05) is 19.1 Å². The molecule has 0 aliphatic rings. The Morgan fingerprint density at radius 2 is 2.05 bits per heavy atom. The average molecular weight is 325 g/mol. The third-order valence-corrected chi connectivity index (χ3v) is 5.77. The van der Waals surface area contributed by atoms with Gasteiger partial charge in [-0.25, -0.2) is 13.4 Å². The minimum absolute atomic E-state index is 0.247. The summed E-state index contributed by atoms with van der Waals surface area (Å²) in [4.78, 5) is 5.59. The Morgan fingerprint density at radius 1 is 1.33 bits per heavy atom. The van der Waals surface area contributed by atoms with Gasteiger partial charge in [-0.2, -0.15) is 0 Å². The van der Waals surface area contributed by atoms with E-state index in [4.69, 9.17) is 5.73 Å². The van der Waals surface area contributed by atoms with E-state index in [1.54, 1.807) is 19.1 Å². The van der Waals surface area contributed by atoms with Gasteiger partial charge >= 0.3 is 0 Å². The molecule has 5 nitrogen and oxygen atoms in total. The summed E-state index contributed by atoms with van der Waals surface area (Å²) in [5, 5.41) is 0.405. The Labute approximate surface area is 129 Å². The van der Waals surface area contributed by atoms with Crippen LogP contribution in [0.25, 0.3) is 0 Å². The molecule has 1 aromatic heterocycles. The quantitative estimate of drug-likeness (QED) is 0.885. The Morgan fingerprint density at radius 3 is 2.62 bits per heavy atom. The fraction of sp³-hybridized carbons (Fsp3) is 0.357. The van der Waals surface area contributed by atoms with E-state index in [1.807, 2.05) is 19.9 Å². The van der Waals surface area contributed by atoms with E-state index in [0.29, 0.717) is 17.2 Å². The summed E-state index contributed by atoms with van der Waals surface area (Å²) in [6.07, 6.45) is 0.783. The fourth-order valence-corrected chi connectivity index (χ4v) is 4.46. The first kappa shape index (κ1) is 15.9. The van der Waals surface area contributed by atoms with Crippen LogP contribution in [0.4, 0.5) is 5.13 Å². The van der Waals surface area contributed by atoms with Gasteiger partial charge in [-0.05, 0) is 37.5 Å². The Kier molecular flexibility index (Phi) is 4.65. The van der Waals surface area contributed by atoms with Crippen LogP contribution in [-0.2, 0) is 23.0 Å². The number of hydrogen-bond acceptors (Lipinski definition) is 5. The summed E-state index contributed by atoms with van der Waals surface area (Å²) in [6.45, 7) is 6.00. The van der Waals surface area contributed by atoms with E-state index in [0.717, 1.165) is 22.6 Å². The average Bonchev–Trinajstić information content (AvgIpc) is 2.78. The van der Waals surface area contributed by atoms with Crippen LogP contribution in [0.15, 0.2) is 23.1 Å². The smallest absolute Gasteiger partial charge is 0.263 e. The third-order valence-electron chi connectivity index (χ3n) is 3.23. The van der Waals surface area contributed by atoms with Crippen molar-refractivity contribution in [1.82, 2.24) is 4.98 Å². The van der Waals surface area contributed by atoms with Gasteiger partial charge in [0, 0.05) is 11.4 Å². The van der Waals surface area contributed by atoms with Gasteiger partial charge < -0.3 is 5.73 Å². The van der Waals surface area contributed by atoms with Crippen LogP contribution >= 0.6 is 11.3 Å². The van der Waals surface area contributed by atoms with Crippen LogP contribution < -0.4 is 10.5 Å². The molecule has 0 fully saturated rings. The van der Waals surface area contributed by atoms with Crippen LogP contribution in [-0.4, -0.2) is 13.4 Å². The first-order valence-electron chi connectivity index (χ1n) is 6.66. The second-order valence-electron chi connectivity index (χ2n) is 4.78. The van der Waals surface area contributed by atoms with E-state index in [9.17, 15) is 8.42 Å². The lowest BCUT2D eigenvalue weighted by atomic mass is 10.1. The zero-order valence-corrected chi connectivity index (χ0v) is 13.9. The standard InChI is InChI=1S/C14H19N3O2S2/c1-4-12-10(3)20-14(16-12)17-21(18,19)13-7-11(8-15)6-5-9(13)2/h5-7H,4,8,15H2,1-3H3,(H,16,17). The highest BCUT2D eigenvalue weighted by Gasteiger charge is 2.19. The summed E-state index contributed by atoms with van der Waals surface area (Å²) in [5.74, 6) is 0. The number of anilines is 1. The minimum atomic E-state index is -3.65. The van der Waals surface area contributed by atoms with Crippen molar-refractivity contribution >= 4 is 26.5 Å². The maximum atomic E-state index is 12.5. The highest BCUT2D eigenvalue weighted by atomic mass is 32.2. The zero-order chi connectivity index (χ0) is 15.6. The Balaban J connectivity index is 2.37. The number of nitrogens with one attached hydrogen (secondary N) is 1. The Hall–Kier alpha value is -1.44. The van der Waals surface area contributed by atoms with Crippen molar-refractivity contribution < 1.29 is 8.42 Å². The molecule has 114 valence electrons. The number of thiazole rings is 1. The summed E-state index contributed by atoms with van der Waals surface area (Å²) in [5.41, 5.74) is 7.97. The van der Waals surface area contributed by atoms with Crippen molar-refractivity contribution in [3.63, 3.8) is 0 Å². The van der Waals surface area contributed by atoms with Crippen molar-refractivity contribution in [3.8, 4) is 0 Å². The molecule has 0 atom stereocenters. The van der Waals surface area contributed by atoms with Crippen molar-refractivity contribution in [2.45, 2.75) is 38.6 Å². The number of benzene rings is 1.